The first-order valence-corrected chi connectivity index (χ1v) is 27.8. The molecule has 0 saturated carbocycles. The second kappa shape index (κ2) is 44.1. The van der Waals surface area contributed by atoms with E-state index in [-0.39, 0.29) is 31.5 Å². The summed E-state index contributed by atoms with van der Waals surface area (Å²) in [5, 5.41) is 3.01. The number of nitrogens with zero attached hydrogens (tertiary/aromatic N) is 1. The van der Waals surface area contributed by atoms with Gasteiger partial charge in [0.25, 0.3) is 7.82 Å². The zero-order valence-electron chi connectivity index (χ0n) is 42.0. The topological polar surface area (TPSA) is 114 Å². The van der Waals surface area contributed by atoms with Gasteiger partial charge in [0.15, 0.2) is 0 Å². The van der Waals surface area contributed by atoms with Crippen molar-refractivity contribution in [2.45, 2.75) is 251 Å². The van der Waals surface area contributed by atoms with Crippen LogP contribution in [-0.4, -0.2) is 69.4 Å². The second-order valence-electron chi connectivity index (χ2n) is 19.0. The van der Waals surface area contributed by atoms with E-state index in [2.05, 4.69) is 50.4 Å². The lowest BCUT2D eigenvalue weighted by Crippen LogP contribution is -2.47. The maximum atomic E-state index is 13.4. The molecular formula is C53H101N2O7P. The number of carbonyl (C=O) groups is 2. The molecule has 1 N–H and O–H groups in total. The van der Waals surface area contributed by atoms with Gasteiger partial charge < -0.3 is 28.5 Å². The Labute approximate surface area is 389 Å². The number of carbonyl (C=O) groups excluding carboxylic acids is 2. The third-order valence-electron chi connectivity index (χ3n) is 11.6. The average molecular weight is 909 g/mol. The number of amides is 1. The van der Waals surface area contributed by atoms with Crippen LogP contribution in [0.1, 0.15) is 239 Å². The number of phosphoric ester groups is 1. The molecule has 9 nitrogen and oxygen atoms in total. The summed E-state index contributed by atoms with van der Waals surface area (Å²) in [5.74, 6) is -0.547. The van der Waals surface area contributed by atoms with Gasteiger partial charge in [-0.25, -0.2) is 0 Å². The Kier molecular flexibility index (Phi) is 42.8. The van der Waals surface area contributed by atoms with Crippen molar-refractivity contribution in [2.75, 3.05) is 40.9 Å². The first kappa shape index (κ1) is 61.2. The zero-order valence-corrected chi connectivity index (χ0v) is 42.9. The summed E-state index contributed by atoms with van der Waals surface area (Å²) in [7, 11) is 1.18. The van der Waals surface area contributed by atoms with Gasteiger partial charge in [0, 0.05) is 12.8 Å². The Morgan fingerprint density at radius 1 is 0.571 bits per heavy atom. The second-order valence-corrected chi connectivity index (χ2v) is 20.4. The normalized spacial score (nSPS) is 14.2. The van der Waals surface area contributed by atoms with Crippen LogP contribution in [0.3, 0.4) is 0 Å². The van der Waals surface area contributed by atoms with Crippen LogP contribution < -0.4 is 10.2 Å². The molecule has 0 aromatic heterocycles. The highest BCUT2D eigenvalue weighted by atomic mass is 31.2. The third kappa shape index (κ3) is 45.2. The fraction of sp³-hybridized carbons (Fsp3) is 0.849. The molecule has 0 aliphatic carbocycles. The highest BCUT2D eigenvalue weighted by Crippen LogP contribution is 2.38. The first-order chi connectivity index (χ1) is 30.4. The number of esters is 1. The smallest absolute Gasteiger partial charge is 0.306 e. The van der Waals surface area contributed by atoms with E-state index in [1.54, 1.807) is 0 Å². The summed E-state index contributed by atoms with van der Waals surface area (Å²) in [6, 6.07) is -0.884. The number of allylic oxidation sites excluding steroid dienone is 5. The van der Waals surface area contributed by atoms with Gasteiger partial charge in [-0.1, -0.05) is 205 Å². The average Bonchev–Trinajstić information content (AvgIpc) is 3.23. The van der Waals surface area contributed by atoms with E-state index in [0.29, 0.717) is 17.4 Å². The quantitative estimate of drug-likeness (QED) is 0.0213. The highest BCUT2D eigenvalue weighted by Gasteiger charge is 2.27. The number of nitrogens with one attached hydrogen (secondary N) is 1. The summed E-state index contributed by atoms with van der Waals surface area (Å²) in [5.41, 5.74) is 0. The van der Waals surface area contributed by atoms with Crippen LogP contribution in [-0.2, 0) is 27.9 Å². The molecule has 1 amide bonds. The number of quaternary nitrogens is 1. The molecule has 3 atom stereocenters. The Morgan fingerprint density at radius 3 is 1.51 bits per heavy atom. The van der Waals surface area contributed by atoms with Crippen LogP contribution in [0, 0.1) is 0 Å². The van der Waals surface area contributed by atoms with Gasteiger partial charge in [0.05, 0.1) is 33.8 Å². The van der Waals surface area contributed by atoms with Crippen molar-refractivity contribution in [1.29, 1.82) is 0 Å². The Morgan fingerprint density at radius 2 is 1.02 bits per heavy atom. The summed E-state index contributed by atoms with van der Waals surface area (Å²) in [6.45, 7) is 6.72. The lowest BCUT2D eigenvalue weighted by Gasteiger charge is -2.30. The van der Waals surface area contributed by atoms with Crippen molar-refractivity contribution in [3.05, 3.63) is 36.5 Å². The van der Waals surface area contributed by atoms with E-state index in [1.807, 2.05) is 33.3 Å². The van der Waals surface area contributed by atoms with E-state index in [4.69, 9.17) is 13.8 Å². The lowest BCUT2D eigenvalue weighted by molar-refractivity contribution is -0.870. The maximum Gasteiger partial charge on any atom is 0.306 e. The van der Waals surface area contributed by atoms with E-state index < -0.39 is 20.0 Å². The SMILES string of the molecule is CC/C=C/C/C=C/CCCCCCCCCC(=O)OC(/C=C/CCCCCCCCCCCC)C(COP(=O)([O-])OCC[N+](C)(C)C)NC(=O)CCCCCCCCCCCCC. The molecule has 0 spiro atoms. The molecule has 0 saturated heterocycles. The van der Waals surface area contributed by atoms with Gasteiger partial charge in [-0.15, -0.1) is 0 Å². The molecule has 0 aromatic rings. The molecule has 0 aromatic carbocycles. The van der Waals surface area contributed by atoms with E-state index in [0.717, 1.165) is 83.5 Å². The Bertz CT molecular complexity index is 1180. The van der Waals surface area contributed by atoms with Crippen LogP contribution in [0.5, 0.6) is 0 Å². The maximum absolute atomic E-state index is 13.4. The van der Waals surface area contributed by atoms with Crippen molar-refractivity contribution >= 4 is 19.7 Å². The molecule has 10 heteroatoms. The predicted molar refractivity (Wildman–Crippen MR) is 266 cm³/mol. The number of hydrogen-bond acceptors (Lipinski definition) is 7. The van der Waals surface area contributed by atoms with Gasteiger partial charge in [0.1, 0.15) is 19.3 Å². The molecule has 63 heavy (non-hydrogen) atoms. The van der Waals surface area contributed by atoms with Crippen LogP contribution in [0.2, 0.25) is 0 Å². The highest BCUT2D eigenvalue weighted by molar-refractivity contribution is 7.45. The van der Waals surface area contributed by atoms with Crippen molar-refractivity contribution in [3.63, 3.8) is 0 Å². The lowest BCUT2D eigenvalue weighted by atomic mass is 10.0. The minimum Gasteiger partial charge on any atom is -0.756 e. The Balaban J connectivity index is 5.42. The van der Waals surface area contributed by atoms with Crippen LogP contribution >= 0.6 is 7.82 Å². The molecule has 0 heterocycles. The van der Waals surface area contributed by atoms with Gasteiger partial charge in [-0.05, 0) is 57.4 Å². The summed E-state index contributed by atoms with van der Waals surface area (Å²) >= 11 is 0. The number of hydrogen-bond donors (Lipinski definition) is 1. The van der Waals surface area contributed by atoms with E-state index in [9.17, 15) is 19.0 Å². The monoisotopic (exact) mass is 909 g/mol. The van der Waals surface area contributed by atoms with Crippen molar-refractivity contribution in [1.82, 2.24) is 5.32 Å². The molecule has 0 radical (unpaired) electrons. The number of rotatable bonds is 47. The van der Waals surface area contributed by atoms with Crippen molar-refractivity contribution < 1.29 is 37.3 Å². The van der Waals surface area contributed by atoms with Crippen LogP contribution in [0.25, 0.3) is 0 Å². The zero-order chi connectivity index (χ0) is 46.5. The van der Waals surface area contributed by atoms with Gasteiger partial charge in [-0.2, -0.15) is 0 Å². The number of phosphoric acid groups is 1. The number of likely N-dealkylation sites (N-methyl/N-ethyl adjacent to an activating group) is 1. The summed E-state index contributed by atoms with van der Waals surface area (Å²) in [6.07, 6.45) is 49.6. The third-order valence-corrected chi connectivity index (χ3v) is 12.5. The standard InChI is InChI=1S/C53H101N2O7P/c1-7-10-13-16-19-22-25-27-28-31-34-37-40-43-46-53(57)62-51(44-41-38-35-32-30-26-23-20-17-14-11-8-2)50(49-61-63(58,59)60-48-47-55(4,5)6)54-52(56)45-42-39-36-33-29-24-21-18-15-12-9-3/h10,13,19,22,41,44,50-51H,7-9,11-12,14-18,20-21,23-40,42-43,45-49H2,1-6H3,(H-,54,56,58,59)/b13-10+,22-19+,44-41+. The summed E-state index contributed by atoms with van der Waals surface area (Å²) < 4.78 is 30.1. The molecule has 0 fully saturated rings. The molecule has 3 unspecified atom stereocenters. The van der Waals surface area contributed by atoms with Crippen LogP contribution in [0.15, 0.2) is 36.5 Å². The Hall–Kier alpha value is -1.77. The largest absolute Gasteiger partial charge is 0.756 e. The molecule has 0 rings (SSSR count). The first-order valence-electron chi connectivity index (χ1n) is 26.3. The van der Waals surface area contributed by atoms with Crippen molar-refractivity contribution in [2.24, 2.45) is 0 Å². The van der Waals surface area contributed by atoms with Gasteiger partial charge >= 0.3 is 5.97 Å². The molecule has 0 aliphatic rings. The number of unbranched alkanes of at least 4 members (excludes halogenated alkanes) is 27. The minimum absolute atomic E-state index is 0.0219. The summed E-state index contributed by atoms with van der Waals surface area (Å²) in [4.78, 5) is 39.6. The van der Waals surface area contributed by atoms with E-state index >= 15 is 0 Å². The fourth-order valence-corrected chi connectivity index (χ4v) is 8.22. The fourth-order valence-electron chi connectivity index (χ4n) is 7.50. The van der Waals surface area contributed by atoms with Gasteiger partial charge in [-0.3, -0.25) is 14.2 Å². The van der Waals surface area contributed by atoms with Crippen molar-refractivity contribution in [3.8, 4) is 0 Å². The number of ether oxygens (including phenoxy) is 1. The molecule has 0 aliphatic heterocycles. The van der Waals surface area contributed by atoms with Gasteiger partial charge in [0.2, 0.25) is 5.91 Å². The van der Waals surface area contributed by atoms with E-state index in [1.165, 1.54) is 122 Å². The molecule has 0 bridgehead atoms. The van der Waals surface area contributed by atoms with Crippen LogP contribution in [0.4, 0.5) is 0 Å². The molecular weight excluding hydrogens is 808 g/mol. The predicted octanol–water partition coefficient (Wildman–Crippen LogP) is 14.6. The minimum atomic E-state index is -4.68. The molecule has 370 valence electrons.